The lowest BCUT2D eigenvalue weighted by molar-refractivity contribution is 0.466. The minimum atomic E-state index is -0.298. The molecule has 0 saturated carbocycles. The maximum absolute atomic E-state index is 6.20. The molecule has 1 aliphatic rings. The maximum Gasteiger partial charge on any atom is 0.132 e. The molecule has 1 aliphatic heterocycles. The predicted octanol–water partition coefficient (Wildman–Crippen LogP) is 5.27. The molecule has 2 aromatic heterocycles. The SMILES string of the molecule is Cc1ccc(-n2nccn2)c(N2CCC[C@@]2(C)c2nc3cc(Cl)c(Cl)cc3[nH]2)c1. The average Bonchev–Trinajstić information content (AvgIpc) is 3.42. The molecule has 0 spiro atoms. The molecule has 5 rings (SSSR count). The van der Waals surface area contributed by atoms with Gasteiger partial charge in [-0.2, -0.15) is 10.2 Å². The highest BCUT2D eigenvalue weighted by Crippen LogP contribution is 2.43. The molecule has 148 valence electrons. The molecule has 0 bridgehead atoms. The Hall–Kier alpha value is -2.57. The number of aromatic nitrogens is 5. The van der Waals surface area contributed by atoms with Gasteiger partial charge in [-0.15, -0.1) is 4.80 Å². The topological polar surface area (TPSA) is 62.6 Å². The van der Waals surface area contributed by atoms with Crippen molar-refractivity contribution in [2.45, 2.75) is 32.2 Å². The molecule has 2 aromatic carbocycles. The zero-order valence-electron chi connectivity index (χ0n) is 16.2. The number of hydrogen-bond donors (Lipinski definition) is 1. The summed E-state index contributed by atoms with van der Waals surface area (Å²) in [4.78, 5) is 12.4. The molecule has 0 aliphatic carbocycles. The van der Waals surface area contributed by atoms with Crippen LogP contribution in [0.1, 0.15) is 31.2 Å². The van der Waals surface area contributed by atoms with E-state index in [9.17, 15) is 0 Å². The van der Waals surface area contributed by atoms with Crippen molar-refractivity contribution in [2.75, 3.05) is 11.4 Å². The second-order valence-corrected chi connectivity index (χ2v) is 8.52. The van der Waals surface area contributed by atoms with Gasteiger partial charge in [0.1, 0.15) is 11.5 Å². The number of benzene rings is 2. The van der Waals surface area contributed by atoms with Crippen molar-refractivity contribution in [1.29, 1.82) is 0 Å². The van der Waals surface area contributed by atoms with Gasteiger partial charge in [0.15, 0.2) is 0 Å². The van der Waals surface area contributed by atoms with E-state index < -0.39 is 0 Å². The first kappa shape index (κ1) is 18.5. The summed E-state index contributed by atoms with van der Waals surface area (Å²) in [6, 6.07) is 10.00. The lowest BCUT2D eigenvalue weighted by atomic mass is 9.97. The van der Waals surface area contributed by atoms with Gasteiger partial charge in [0, 0.05) is 6.54 Å². The summed E-state index contributed by atoms with van der Waals surface area (Å²) in [5.41, 5.74) is 4.65. The molecular formula is C21H20Cl2N6. The van der Waals surface area contributed by atoms with Crippen molar-refractivity contribution >= 4 is 39.9 Å². The molecule has 0 radical (unpaired) electrons. The number of aryl methyl sites for hydroxylation is 1. The number of nitrogens with one attached hydrogen (secondary N) is 1. The van der Waals surface area contributed by atoms with E-state index in [0.717, 1.165) is 47.6 Å². The first-order valence-corrected chi connectivity index (χ1v) is 10.3. The smallest absolute Gasteiger partial charge is 0.132 e. The molecule has 1 saturated heterocycles. The Morgan fingerprint density at radius 2 is 1.79 bits per heavy atom. The van der Waals surface area contributed by atoms with Gasteiger partial charge >= 0.3 is 0 Å². The molecule has 0 amide bonds. The summed E-state index contributed by atoms with van der Waals surface area (Å²) in [6.45, 7) is 5.25. The van der Waals surface area contributed by atoms with Gasteiger partial charge in [-0.25, -0.2) is 4.98 Å². The van der Waals surface area contributed by atoms with Gasteiger partial charge in [0.2, 0.25) is 0 Å². The quantitative estimate of drug-likeness (QED) is 0.484. The minimum Gasteiger partial charge on any atom is -0.357 e. The Morgan fingerprint density at radius 1 is 1.03 bits per heavy atom. The van der Waals surface area contributed by atoms with Crippen LogP contribution in [-0.2, 0) is 5.54 Å². The van der Waals surface area contributed by atoms with Crippen LogP contribution in [0.2, 0.25) is 10.0 Å². The fourth-order valence-electron chi connectivity index (χ4n) is 4.21. The lowest BCUT2D eigenvalue weighted by Crippen LogP contribution is -2.40. The van der Waals surface area contributed by atoms with E-state index >= 15 is 0 Å². The fraction of sp³-hybridized carbons (Fsp3) is 0.286. The van der Waals surface area contributed by atoms with Gasteiger partial charge in [-0.05, 0) is 56.5 Å². The van der Waals surface area contributed by atoms with Crippen molar-refractivity contribution in [1.82, 2.24) is 25.0 Å². The fourth-order valence-corrected chi connectivity index (χ4v) is 4.54. The Balaban J connectivity index is 1.65. The van der Waals surface area contributed by atoms with Gasteiger partial charge in [0.05, 0.1) is 44.7 Å². The van der Waals surface area contributed by atoms with Gasteiger partial charge in [-0.3, -0.25) is 0 Å². The monoisotopic (exact) mass is 426 g/mol. The second-order valence-electron chi connectivity index (χ2n) is 7.71. The molecule has 1 fully saturated rings. The van der Waals surface area contributed by atoms with Crippen LogP contribution in [0.15, 0.2) is 42.7 Å². The van der Waals surface area contributed by atoms with Crippen LogP contribution in [0, 0.1) is 6.92 Å². The number of imidazole rings is 1. The average molecular weight is 427 g/mol. The van der Waals surface area contributed by atoms with Crippen LogP contribution in [0.25, 0.3) is 16.7 Å². The summed E-state index contributed by atoms with van der Waals surface area (Å²) >= 11 is 12.4. The standard InChI is InChI=1S/C21H20Cl2N6/c1-13-4-5-18(29-24-7-8-25-29)19(10-13)28-9-3-6-21(28,2)20-26-16-11-14(22)15(23)12-17(16)27-20/h4-5,7-8,10-12H,3,6,9H2,1-2H3,(H,26,27)/t21-/m0/s1. The molecule has 6 nitrogen and oxygen atoms in total. The van der Waals surface area contributed by atoms with Crippen molar-refractivity contribution in [2.24, 2.45) is 0 Å². The Kier molecular flexibility index (Phi) is 4.29. The molecular weight excluding hydrogens is 407 g/mol. The van der Waals surface area contributed by atoms with Gasteiger partial charge in [-0.1, -0.05) is 29.3 Å². The number of fused-ring (bicyclic) bond motifs is 1. The molecule has 1 atom stereocenters. The third-order valence-electron chi connectivity index (χ3n) is 5.73. The second kappa shape index (κ2) is 6.75. The summed E-state index contributed by atoms with van der Waals surface area (Å²) in [5.74, 6) is 0.907. The van der Waals surface area contributed by atoms with E-state index in [2.05, 4.69) is 52.1 Å². The number of halogens is 2. The Bertz CT molecular complexity index is 1160. The highest BCUT2D eigenvalue weighted by molar-refractivity contribution is 6.42. The first-order valence-electron chi connectivity index (χ1n) is 9.56. The molecule has 0 unspecified atom stereocenters. The van der Waals surface area contributed by atoms with Crippen molar-refractivity contribution < 1.29 is 0 Å². The third kappa shape index (κ3) is 2.98. The van der Waals surface area contributed by atoms with Crippen LogP contribution in [0.3, 0.4) is 0 Å². The van der Waals surface area contributed by atoms with E-state index in [0.29, 0.717) is 10.0 Å². The Morgan fingerprint density at radius 3 is 2.59 bits per heavy atom. The van der Waals surface area contributed by atoms with Gasteiger partial charge < -0.3 is 9.88 Å². The molecule has 29 heavy (non-hydrogen) atoms. The normalized spacial score (nSPS) is 19.4. The highest BCUT2D eigenvalue weighted by atomic mass is 35.5. The maximum atomic E-state index is 6.20. The highest BCUT2D eigenvalue weighted by Gasteiger charge is 2.42. The largest absolute Gasteiger partial charge is 0.357 e. The van der Waals surface area contributed by atoms with E-state index in [-0.39, 0.29) is 5.54 Å². The van der Waals surface area contributed by atoms with E-state index in [1.54, 1.807) is 17.2 Å². The Labute approximate surface area is 178 Å². The van der Waals surface area contributed by atoms with Gasteiger partial charge in [0.25, 0.3) is 0 Å². The van der Waals surface area contributed by atoms with Crippen molar-refractivity contribution in [3.63, 3.8) is 0 Å². The molecule has 1 N–H and O–H groups in total. The number of hydrogen-bond acceptors (Lipinski definition) is 4. The van der Waals surface area contributed by atoms with Crippen LogP contribution < -0.4 is 4.90 Å². The van der Waals surface area contributed by atoms with E-state index in [1.165, 1.54) is 5.56 Å². The van der Waals surface area contributed by atoms with Crippen LogP contribution >= 0.6 is 23.2 Å². The first-order chi connectivity index (χ1) is 14.0. The number of rotatable bonds is 3. The summed E-state index contributed by atoms with van der Waals surface area (Å²) in [5, 5.41) is 9.73. The minimum absolute atomic E-state index is 0.298. The zero-order chi connectivity index (χ0) is 20.2. The number of nitrogens with zero attached hydrogens (tertiary/aromatic N) is 5. The van der Waals surface area contributed by atoms with E-state index in [4.69, 9.17) is 28.2 Å². The van der Waals surface area contributed by atoms with Crippen molar-refractivity contribution in [3.8, 4) is 5.69 Å². The van der Waals surface area contributed by atoms with Crippen molar-refractivity contribution in [3.05, 3.63) is 64.2 Å². The zero-order valence-corrected chi connectivity index (χ0v) is 17.7. The molecule has 3 heterocycles. The molecule has 8 heteroatoms. The lowest BCUT2D eigenvalue weighted by Gasteiger charge is -2.36. The van der Waals surface area contributed by atoms with Crippen LogP contribution in [-0.4, -0.2) is 31.5 Å². The third-order valence-corrected chi connectivity index (χ3v) is 6.45. The van der Waals surface area contributed by atoms with Crippen LogP contribution in [0.5, 0.6) is 0 Å². The summed E-state index contributed by atoms with van der Waals surface area (Å²) in [6.07, 6.45) is 5.43. The predicted molar refractivity (Wildman–Crippen MR) is 116 cm³/mol. The summed E-state index contributed by atoms with van der Waals surface area (Å²) < 4.78 is 0. The van der Waals surface area contributed by atoms with Crippen LogP contribution in [0.4, 0.5) is 5.69 Å². The summed E-state index contributed by atoms with van der Waals surface area (Å²) in [7, 11) is 0. The number of H-pyrrole nitrogens is 1. The molecule has 4 aromatic rings. The van der Waals surface area contributed by atoms with E-state index in [1.807, 2.05) is 12.1 Å². The number of anilines is 1. The number of aromatic amines is 1.